The average Bonchev–Trinajstić information content (AvgIpc) is 2.15. The van der Waals surface area contributed by atoms with E-state index in [1.165, 1.54) is 0 Å². The van der Waals surface area contributed by atoms with Gasteiger partial charge in [-0.25, -0.2) is 4.98 Å². The summed E-state index contributed by atoms with van der Waals surface area (Å²) in [7, 11) is 2.01. The number of rotatable bonds is 4. The number of nitrogens with two attached hydrogens (primary N) is 1. The highest BCUT2D eigenvalue weighted by molar-refractivity contribution is 7.98. The molecule has 0 spiro atoms. The van der Waals surface area contributed by atoms with Gasteiger partial charge < -0.3 is 10.6 Å². The van der Waals surface area contributed by atoms with Crippen molar-refractivity contribution >= 4 is 23.3 Å². The average molecular weight is 197 g/mol. The topological polar surface area (TPSA) is 42.2 Å². The van der Waals surface area contributed by atoms with Crippen molar-refractivity contribution in [3.63, 3.8) is 0 Å². The number of pyridine rings is 1. The number of hydrogen-bond acceptors (Lipinski definition) is 4. The fourth-order valence-electron chi connectivity index (χ4n) is 1.06. The van der Waals surface area contributed by atoms with Crippen LogP contribution in [0.2, 0.25) is 0 Å². The smallest absolute Gasteiger partial charge is 0.151 e. The maximum Gasteiger partial charge on any atom is 0.151 e. The zero-order chi connectivity index (χ0) is 9.68. The van der Waals surface area contributed by atoms with Crippen LogP contribution in [-0.4, -0.2) is 30.6 Å². The van der Waals surface area contributed by atoms with E-state index in [0.29, 0.717) is 0 Å². The lowest BCUT2D eigenvalue weighted by Gasteiger charge is -2.18. The first-order chi connectivity index (χ1) is 6.25. The van der Waals surface area contributed by atoms with Crippen LogP contribution in [0.3, 0.4) is 0 Å². The summed E-state index contributed by atoms with van der Waals surface area (Å²) in [6.07, 6.45) is 3.86. The van der Waals surface area contributed by atoms with Gasteiger partial charge in [-0.3, -0.25) is 0 Å². The summed E-state index contributed by atoms with van der Waals surface area (Å²) in [6, 6.07) is 3.72. The van der Waals surface area contributed by atoms with E-state index in [4.69, 9.17) is 5.73 Å². The second-order valence-electron chi connectivity index (χ2n) is 2.83. The number of nitrogen functional groups attached to an aromatic ring is 1. The lowest BCUT2D eigenvalue weighted by molar-refractivity contribution is 0.949. The van der Waals surface area contributed by atoms with Crippen LogP contribution in [0, 0.1) is 0 Å². The molecule has 0 bridgehead atoms. The van der Waals surface area contributed by atoms with Gasteiger partial charge in [-0.05, 0) is 18.4 Å². The Morgan fingerprint density at radius 2 is 2.38 bits per heavy atom. The van der Waals surface area contributed by atoms with Gasteiger partial charge in [0.2, 0.25) is 0 Å². The van der Waals surface area contributed by atoms with Crippen LogP contribution in [-0.2, 0) is 0 Å². The molecule has 0 saturated carbocycles. The van der Waals surface area contributed by atoms with Crippen LogP contribution in [0.5, 0.6) is 0 Å². The summed E-state index contributed by atoms with van der Waals surface area (Å²) in [6.45, 7) is 0.975. The summed E-state index contributed by atoms with van der Waals surface area (Å²) in [5, 5.41) is 0. The normalized spacial score (nSPS) is 10.0. The Balaban J connectivity index is 2.65. The van der Waals surface area contributed by atoms with E-state index < -0.39 is 0 Å². The number of hydrogen-bond donors (Lipinski definition) is 1. The molecule has 1 rings (SSSR count). The molecule has 0 radical (unpaired) electrons. The van der Waals surface area contributed by atoms with Crippen molar-refractivity contribution in [1.82, 2.24) is 4.98 Å². The molecule has 0 aliphatic rings. The third-order valence-electron chi connectivity index (χ3n) is 1.81. The van der Waals surface area contributed by atoms with Gasteiger partial charge in [-0.1, -0.05) is 0 Å². The second-order valence-corrected chi connectivity index (χ2v) is 3.82. The van der Waals surface area contributed by atoms with E-state index in [1.54, 1.807) is 6.20 Å². The molecule has 0 amide bonds. The van der Waals surface area contributed by atoms with Crippen molar-refractivity contribution in [1.29, 1.82) is 0 Å². The standard InChI is InChI=1S/C9H15N3S/c1-12(6-7-13-2)9-8(10)4-3-5-11-9/h3-5H,6-7,10H2,1-2H3. The molecule has 1 aromatic heterocycles. The first kappa shape index (κ1) is 10.2. The molecular formula is C9H15N3S. The van der Waals surface area contributed by atoms with Gasteiger partial charge in [0.15, 0.2) is 5.82 Å². The summed E-state index contributed by atoms with van der Waals surface area (Å²) in [5.74, 6) is 1.96. The lowest BCUT2D eigenvalue weighted by Crippen LogP contribution is -2.22. The second kappa shape index (κ2) is 4.97. The van der Waals surface area contributed by atoms with E-state index in [0.717, 1.165) is 23.8 Å². The number of thioether (sulfide) groups is 1. The highest BCUT2D eigenvalue weighted by Gasteiger charge is 2.04. The van der Waals surface area contributed by atoms with Crippen molar-refractivity contribution in [2.45, 2.75) is 0 Å². The molecule has 0 aromatic carbocycles. The zero-order valence-electron chi connectivity index (χ0n) is 8.03. The van der Waals surface area contributed by atoms with Gasteiger partial charge in [-0.15, -0.1) is 0 Å². The quantitative estimate of drug-likeness (QED) is 0.793. The van der Waals surface area contributed by atoms with Gasteiger partial charge in [0, 0.05) is 25.5 Å². The summed E-state index contributed by atoms with van der Waals surface area (Å²) >= 11 is 1.82. The molecule has 0 fully saturated rings. The predicted octanol–water partition coefficient (Wildman–Crippen LogP) is 1.46. The van der Waals surface area contributed by atoms with Crippen LogP contribution in [0.25, 0.3) is 0 Å². The minimum Gasteiger partial charge on any atom is -0.396 e. The summed E-state index contributed by atoms with van der Waals surface area (Å²) in [4.78, 5) is 6.30. The molecule has 13 heavy (non-hydrogen) atoms. The SMILES string of the molecule is CSCCN(C)c1ncccc1N. The molecule has 2 N–H and O–H groups in total. The van der Waals surface area contributed by atoms with E-state index >= 15 is 0 Å². The Morgan fingerprint density at radius 1 is 1.62 bits per heavy atom. The largest absolute Gasteiger partial charge is 0.396 e. The predicted molar refractivity (Wildman–Crippen MR) is 60.3 cm³/mol. The third kappa shape index (κ3) is 2.81. The van der Waals surface area contributed by atoms with E-state index in [2.05, 4.69) is 16.1 Å². The molecule has 72 valence electrons. The van der Waals surface area contributed by atoms with E-state index in [-0.39, 0.29) is 0 Å². The van der Waals surface area contributed by atoms with Crippen molar-refractivity contribution in [3.05, 3.63) is 18.3 Å². The number of anilines is 2. The Hall–Kier alpha value is -0.900. The van der Waals surface area contributed by atoms with Gasteiger partial charge in [-0.2, -0.15) is 11.8 Å². The molecule has 1 heterocycles. The summed E-state index contributed by atoms with van der Waals surface area (Å²) in [5.41, 5.74) is 6.52. The molecule has 0 aliphatic heterocycles. The first-order valence-electron chi connectivity index (χ1n) is 4.16. The minimum atomic E-state index is 0.742. The van der Waals surface area contributed by atoms with Crippen LogP contribution in [0.15, 0.2) is 18.3 Å². The molecule has 0 saturated heterocycles. The minimum absolute atomic E-state index is 0.742. The number of nitrogens with zero attached hydrogens (tertiary/aromatic N) is 2. The summed E-state index contributed by atoms with van der Waals surface area (Å²) < 4.78 is 0. The third-order valence-corrected chi connectivity index (χ3v) is 2.40. The highest BCUT2D eigenvalue weighted by atomic mass is 32.2. The van der Waals surface area contributed by atoms with Crippen LogP contribution >= 0.6 is 11.8 Å². The molecule has 3 nitrogen and oxygen atoms in total. The van der Waals surface area contributed by atoms with Crippen LogP contribution in [0.4, 0.5) is 11.5 Å². The molecule has 0 aliphatic carbocycles. The first-order valence-corrected chi connectivity index (χ1v) is 5.55. The molecule has 4 heteroatoms. The highest BCUT2D eigenvalue weighted by Crippen LogP contribution is 2.17. The monoisotopic (exact) mass is 197 g/mol. The Bertz CT molecular complexity index is 265. The van der Waals surface area contributed by atoms with Crippen molar-refractivity contribution < 1.29 is 0 Å². The molecule has 0 unspecified atom stereocenters. The van der Waals surface area contributed by atoms with Crippen molar-refractivity contribution in [2.75, 3.05) is 36.2 Å². The van der Waals surface area contributed by atoms with Gasteiger partial charge in [0.05, 0.1) is 5.69 Å². The zero-order valence-corrected chi connectivity index (χ0v) is 8.84. The fourth-order valence-corrected chi connectivity index (χ4v) is 1.52. The van der Waals surface area contributed by atoms with Crippen molar-refractivity contribution in [3.8, 4) is 0 Å². The van der Waals surface area contributed by atoms with E-state index in [1.807, 2.05) is 30.9 Å². The molecule has 0 atom stereocenters. The fraction of sp³-hybridized carbons (Fsp3) is 0.444. The lowest BCUT2D eigenvalue weighted by atomic mass is 10.4. The molecule has 1 aromatic rings. The Labute approximate surface area is 83.3 Å². The maximum absolute atomic E-state index is 5.78. The van der Waals surface area contributed by atoms with Crippen molar-refractivity contribution in [2.24, 2.45) is 0 Å². The van der Waals surface area contributed by atoms with Gasteiger partial charge >= 0.3 is 0 Å². The van der Waals surface area contributed by atoms with E-state index in [9.17, 15) is 0 Å². The number of aromatic nitrogens is 1. The maximum atomic E-state index is 5.78. The van der Waals surface area contributed by atoms with Crippen LogP contribution in [0.1, 0.15) is 0 Å². The Morgan fingerprint density at radius 3 is 3.00 bits per heavy atom. The van der Waals surface area contributed by atoms with Gasteiger partial charge in [0.25, 0.3) is 0 Å². The van der Waals surface area contributed by atoms with Gasteiger partial charge in [0.1, 0.15) is 0 Å². The van der Waals surface area contributed by atoms with Crippen LogP contribution < -0.4 is 10.6 Å². The molecular weight excluding hydrogens is 182 g/mol. The Kier molecular flexibility index (Phi) is 3.89.